The highest BCUT2D eigenvalue weighted by Gasteiger charge is 2.18. The van der Waals surface area contributed by atoms with Gasteiger partial charge in [-0.2, -0.15) is 5.26 Å². The molecule has 0 spiro atoms. The van der Waals surface area contributed by atoms with Crippen LogP contribution in [0.3, 0.4) is 0 Å². The molecule has 1 heterocycles. The fourth-order valence-corrected chi connectivity index (χ4v) is 1.60. The van der Waals surface area contributed by atoms with Crippen LogP contribution in [-0.2, 0) is 4.74 Å². The van der Waals surface area contributed by atoms with Crippen LogP contribution in [0.1, 0.15) is 16.2 Å². The van der Waals surface area contributed by atoms with Crippen LogP contribution in [0.25, 0.3) is 11.1 Å². The zero-order valence-electron chi connectivity index (χ0n) is 9.92. The quantitative estimate of drug-likeness (QED) is 0.768. The molecule has 6 heteroatoms. The van der Waals surface area contributed by atoms with Crippen molar-refractivity contribution >= 4 is 5.97 Å². The highest BCUT2D eigenvalue weighted by atomic mass is 19.1. The summed E-state index contributed by atoms with van der Waals surface area (Å²) >= 11 is 0. The summed E-state index contributed by atoms with van der Waals surface area (Å²) in [5.74, 6) is -1.47. The minimum atomic E-state index is -0.780. The maximum Gasteiger partial charge on any atom is 0.341 e. The average Bonchev–Trinajstić information content (AvgIpc) is 2.46. The highest BCUT2D eigenvalue weighted by Crippen LogP contribution is 2.25. The van der Waals surface area contributed by atoms with Crippen molar-refractivity contribution < 1.29 is 13.9 Å². The third-order valence-electron chi connectivity index (χ3n) is 2.47. The van der Waals surface area contributed by atoms with Crippen molar-refractivity contribution in [3.63, 3.8) is 0 Å². The first-order valence-corrected chi connectivity index (χ1v) is 5.26. The Morgan fingerprint density at radius 1 is 1.37 bits per heavy atom. The second-order valence-corrected chi connectivity index (χ2v) is 3.56. The van der Waals surface area contributed by atoms with E-state index in [1.807, 2.05) is 0 Å². The Hall–Kier alpha value is -2.81. The monoisotopic (exact) mass is 257 g/mol. The van der Waals surface area contributed by atoms with Crippen LogP contribution < -0.4 is 0 Å². The summed E-state index contributed by atoms with van der Waals surface area (Å²) in [7, 11) is 1.17. The zero-order valence-corrected chi connectivity index (χ0v) is 9.92. The van der Waals surface area contributed by atoms with Crippen molar-refractivity contribution in [1.82, 2.24) is 9.97 Å². The molecule has 0 fully saturated rings. The summed E-state index contributed by atoms with van der Waals surface area (Å²) in [5.41, 5.74) is 0.563. The van der Waals surface area contributed by atoms with Gasteiger partial charge in [0.15, 0.2) is 0 Å². The Kier molecular flexibility index (Phi) is 3.48. The molecule has 0 aliphatic carbocycles. The minimum Gasteiger partial charge on any atom is -0.465 e. The Bertz CT molecular complexity index is 663. The molecule has 0 saturated heterocycles. The fraction of sp³-hybridized carbons (Fsp3) is 0.0769. The molecular formula is C13H8FN3O2. The smallest absolute Gasteiger partial charge is 0.341 e. The Balaban J connectivity index is 2.58. The molecule has 0 N–H and O–H groups in total. The number of benzene rings is 1. The number of methoxy groups -OCH3 is 1. The topological polar surface area (TPSA) is 75.9 Å². The van der Waals surface area contributed by atoms with E-state index in [9.17, 15) is 9.18 Å². The van der Waals surface area contributed by atoms with Gasteiger partial charge in [0, 0.05) is 23.5 Å². The lowest BCUT2D eigenvalue weighted by molar-refractivity contribution is 0.0596. The lowest BCUT2D eigenvalue weighted by Gasteiger charge is -2.08. The lowest BCUT2D eigenvalue weighted by atomic mass is 10.0. The van der Waals surface area contributed by atoms with Gasteiger partial charge in [-0.3, -0.25) is 0 Å². The number of hydrogen-bond donors (Lipinski definition) is 0. The first-order valence-electron chi connectivity index (χ1n) is 5.26. The molecule has 0 unspecified atom stereocenters. The van der Waals surface area contributed by atoms with Crippen LogP contribution in [0.4, 0.5) is 4.39 Å². The molecular weight excluding hydrogens is 249 g/mol. The van der Waals surface area contributed by atoms with E-state index >= 15 is 0 Å². The standard InChI is InChI=1S/C13H8FN3O2/c1-19-13(18)12-9(3-2-4-10(12)14)8-6-16-11(5-15)17-7-8/h2-4,6-7H,1H3. The van der Waals surface area contributed by atoms with Gasteiger partial charge in [0.25, 0.3) is 0 Å². The van der Waals surface area contributed by atoms with E-state index in [4.69, 9.17) is 5.26 Å². The van der Waals surface area contributed by atoms with Crippen molar-refractivity contribution in [3.05, 3.63) is 47.8 Å². The number of carbonyl (C=O) groups excluding carboxylic acids is 1. The van der Waals surface area contributed by atoms with Gasteiger partial charge < -0.3 is 4.74 Å². The van der Waals surface area contributed by atoms with Gasteiger partial charge in [-0.1, -0.05) is 12.1 Å². The Labute approximate surface area is 108 Å². The van der Waals surface area contributed by atoms with Crippen LogP contribution in [0, 0.1) is 17.1 Å². The van der Waals surface area contributed by atoms with Crippen LogP contribution in [0.15, 0.2) is 30.6 Å². The maximum absolute atomic E-state index is 13.7. The SMILES string of the molecule is COC(=O)c1c(F)cccc1-c1cnc(C#N)nc1. The molecule has 0 atom stereocenters. The van der Waals surface area contributed by atoms with Gasteiger partial charge in [0.2, 0.25) is 5.82 Å². The predicted octanol–water partition coefficient (Wildman–Crippen LogP) is 1.94. The fourth-order valence-electron chi connectivity index (χ4n) is 1.60. The number of aromatic nitrogens is 2. The summed E-state index contributed by atoms with van der Waals surface area (Å²) < 4.78 is 18.3. The number of nitriles is 1. The Morgan fingerprint density at radius 3 is 2.63 bits per heavy atom. The number of nitrogens with zero attached hydrogens (tertiary/aromatic N) is 3. The largest absolute Gasteiger partial charge is 0.465 e. The second kappa shape index (κ2) is 5.23. The van der Waals surface area contributed by atoms with Crippen LogP contribution in [0.5, 0.6) is 0 Å². The van der Waals surface area contributed by atoms with E-state index < -0.39 is 11.8 Å². The average molecular weight is 257 g/mol. The van der Waals surface area contributed by atoms with E-state index in [1.165, 1.54) is 31.6 Å². The maximum atomic E-state index is 13.7. The van der Waals surface area contributed by atoms with Gasteiger partial charge in [0.1, 0.15) is 17.4 Å². The van der Waals surface area contributed by atoms with Gasteiger partial charge in [-0.05, 0) is 6.07 Å². The van der Waals surface area contributed by atoms with E-state index in [0.29, 0.717) is 11.1 Å². The predicted molar refractivity (Wildman–Crippen MR) is 63.5 cm³/mol. The number of rotatable bonds is 2. The van der Waals surface area contributed by atoms with E-state index in [2.05, 4.69) is 14.7 Å². The molecule has 0 bridgehead atoms. The molecule has 5 nitrogen and oxygen atoms in total. The number of ether oxygens (including phenoxy) is 1. The molecule has 94 valence electrons. The van der Waals surface area contributed by atoms with Crippen molar-refractivity contribution in [3.8, 4) is 17.2 Å². The molecule has 0 aliphatic rings. The molecule has 0 radical (unpaired) electrons. The van der Waals surface area contributed by atoms with Crippen LogP contribution in [-0.4, -0.2) is 23.0 Å². The summed E-state index contributed by atoms with van der Waals surface area (Å²) in [6, 6.07) is 5.97. The van der Waals surface area contributed by atoms with Crippen LogP contribution >= 0.6 is 0 Å². The molecule has 0 amide bonds. The Morgan fingerprint density at radius 2 is 2.05 bits per heavy atom. The molecule has 2 rings (SSSR count). The van der Waals surface area contributed by atoms with Crippen molar-refractivity contribution in [2.45, 2.75) is 0 Å². The molecule has 1 aromatic carbocycles. The summed E-state index contributed by atoms with van der Waals surface area (Å²) in [6.07, 6.45) is 2.71. The lowest BCUT2D eigenvalue weighted by Crippen LogP contribution is -2.07. The van der Waals surface area contributed by atoms with E-state index in [-0.39, 0.29) is 11.4 Å². The zero-order chi connectivity index (χ0) is 13.8. The van der Waals surface area contributed by atoms with Gasteiger partial charge in [-0.25, -0.2) is 19.2 Å². The summed E-state index contributed by atoms with van der Waals surface area (Å²) in [4.78, 5) is 19.2. The highest BCUT2D eigenvalue weighted by molar-refractivity contribution is 5.97. The molecule has 0 aliphatic heterocycles. The van der Waals surface area contributed by atoms with Gasteiger partial charge >= 0.3 is 5.97 Å². The van der Waals surface area contributed by atoms with Crippen molar-refractivity contribution in [2.75, 3.05) is 7.11 Å². The van der Waals surface area contributed by atoms with Crippen LogP contribution in [0.2, 0.25) is 0 Å². The number of hydrogen-bond acceptors (Lipinski definition) is 5. The van der Waals surface area contributed by atoms with Gasteiger partial charge in [-0.15, -0.1) is 0 Å². The normalized spacial score (nSPS) is 9.74. The molecule has 0 saturated carbocycles. The number of halogens is 1. The first kappa shape index (κ1) is 12.6. The third kappa shape index (κ3) is 2.40. The minimum absolute atomic E-state index is 0.000212. The van der Waals surface area contributed by atoms with E-state index in [0.717, 1.165) is 0 Å². The van der Waals surface area contributed by atoms with E-state index in [1.54, 1.807) is 12.1 Å². The second-order valence-electron chi connectivity index (χ2n) is 3.56. The molecule has 19 heavy (non-hydrogen) atoms. The van der Waals surface area contributed by atoms with Crippen molar-refractivity contribution in [1.29, 1.82) is 5.26 Å². The summed E-state index contributed by atoms with van der Waals surface area (Å²) in [5, 5.41) is 8.61. The number of esters is 1. The first-order chi connectivity index (χ1) is 9.17. The third-order valence-corrected chi connectivity index (χ3v) is 2.47. The molecule has 2 aromatic rings. The summed E-state index contributed by atoms with van der Waals surface area (Å²) in [6.45, 7) is 0. The number of carbonyl (C=O) groups is 1. The molecule has 1 aromatic heterocycles. The van der Waals surface area contributed by atoms with Crippen molar-refractivity contribution in [2.24, 2.45) is 0 Å². The van der Waals surface area contributed by atoms with Gasteiger partial charge in [0.05, 0.1) is 7.11 Å².